The van der Waals surface area contributed by atoms with Crippen molar-refractivity contribution in [1.82, 2.24) is 0 Å². The van der Waals surface area contributed by atoms with Crippen molar-refractivity contribution in [3.8, 4) is 0 Å². The van der Waals surface area contributed by atoms with Crippen LogP contribution in [-0.2, 0) is 9.53 Å². The standard InChI is InChI=1S/C17H12FNO2/c1-11-3-2-4-13(9-11)16-19-15(17(20)21-16)10-12-5-7-14(18)8-6-12/h2-10H,1H3/b15-10+. The molecule has 1 aliphatic heterocycles. The molecule has 0 amide bonds. The normalized spacial score (nSPS) is 16.0. The van der Waals surface area contributed by atoms with Crippen molar-refractivity contribution in [2.24, 2.45) is 4.99 Å². The summed E-state index contributed by atoms with van der Waals surface area (Å²) in [6.45, 7) is 1.95. The van der Waals surface area contributed by atoms with Gasteiger partial charge in [0, 0.05) is 5.56 Å². The summed E-state index contributed by atoms with van der Waals surface area (Å²) in [5.41, 5.74) is 2.71. The van der Waals surface area contributed by atoms with Crippen LogP contribution < -0.4 is 0 Å². The van der Waals surface area contributed by atoms with Gasteiger partial charge in [-0.1, -0.05) is 29.8 Å². The minimum absolute atomic E-state index is 0.207. The van der Waals surface area contributed by atoms with Crippen LogP contribution in [0, 0.1) is 12.7 Å². The fourth-order valence-corrected chi connectivity index (χ4v) is 2.03. The van der Waals surface area contributed by atoms with Crippen molar-refractivity contribution in [1.29, 1.82) is 0 Å². The summed E-state index contributed by atoms with van der Waals surface area (Å²) in [5, 5.41) is 0. The quantitative estimate of drug-likeness (QED) is 0.624. The zero-order valence-electron chi connectivity index (χ0n) is 11.3. The van der Waals surface area contributed by atoms with Crippen LogP contribution in [0.5, 0.6) is 0 Å². The van der Waals surface area contributed by atoms with Crippen LogP contribution in [0.2, 0.25) is 0 Å². The van der Waals surface area contributed by atoms with Crippen molar-refractivity contribution in [3.63, 3.8) is 0 Å². The molecular weight excluding hydrogens is 269 g/mol. The maximum Gasteiger partial charge on any atom is 0.363 e. The van der Waals surface area contributed by atoms with Crippen molar-refractivity contribution < 1.29 is 13.9 Å². The molecule has 0 atom stereocenters. The van der Waals surface area contributed by atoms with Gasteiger partial charge in [-0.15, -0.1) is 0 Å². The molecule has 0 radical (unpaired) electrons. The molecule has 1 heterocycles. The molecule has 0 fully saturated rings. The van der Waals surface area contributed by atoms with Gasteiger partial charge in [0.05, 0.1) is 0 Å². The predicted molar refractivity (Wildman–Crippen MR) is 78.2 cm³/mol. The Morgan fingerprint density at radius 3 is 2.62 bits per heavy atom. The van der Waals surface area contributed by atoms with E-state index >= 15 is 0 Å². The Kier molecular flexibility index (Phi) is 3.36. The van der Waals surface area contributed by atoms with E-state index in [0.29, 0.717) is 5.56 Å². The van der Waals surface area contributed by atoms with Crippen LogP contribution in [0.15, 0.2) is 59.2 Å². The summed E-state index contributed by atoms with van der Waals surface area (Å²) >= 11 is 0. The van der Waals surface area contributed by atoms with E-state index in [4.69, 9.17) is 4.74 Å². The highest BCUT2D eigenvalue weighted by atomic mass is 19.1. The van der Waals surface area contributed by atoms with E-state index in [1.807, 2.05) is 31.2 Å². The lowest BCUT2D eigenvalue weighted by Crippen LogP contribution is -2.05. The third-order valence-electron chi connectivity index (χ3n) is 3.06. The van der Waals surface area contributed by atoms with Crippen molar-refractivity contribution >= 4 is 17.9 Å². The van der Waals surface area contributed by atoms with Crippen molar-refractivity contribution in [2.45, 2.75) is 6.92 Å². The lowest BCUT2D eigenvalue weighted by atomic mass is 10.1. The average Bonchev–Trinajstić information content (AvgIpc) is 2.83. The highest BCUT2D eigenvalue weighted by Gasteiger charge is 2.24. The van der Waals surface area contributed by atoms with Crippen molar-refractivity contribution in [2.75, 3.05) is 0 Å². The van der Waals surface area contributed by atoms with Gasteiger partial charge in [0.2, 0.25) is 5.90 Å². The molecule has 0 bridgehead atoms. The molecule has 0 aliphatic carbocycles. The first-order chi connectivity index (χ1) is 10.1. The second kappa shape index (κ2) is 5.32. The number of aliphatic imine (C=N–C) groups is 1. The van der Waals surface area contributed by atoms with Crippen LogP contribution >= 0.6 is 0 Å². The molecule has 0 N–H and O–H groups in total. The second-order valence-corrected chi connectivity index (χ2v) is 4.76. The summed E-state index contributed by atoms with van der Waals surface area (Å²) < 4.78 is 18.0. The molecule has 0 aromatic heterocycles. The SMILES string of the molecule is Cc1cccc(C2=N/C(=C/c3ccc(F)cc3)C(=O)O2)c1. The van der Waals surface area contributed by atoms with E-state index in [1.54, 1.807) is 18.2 Å². The third kappa shape index (κ3) is 2.89. The fraction of sp³-hybridized carbons (Fsp3) is 0.0588. The Bertz CT molecular complexity index is 761. The highest BCUT2D eigenvalue weighted by molar-refractivity contribution is 6.12. The molecule has 3 rings (SSSR count). The average molecular weight is 281 g/mol. The maximum atomic E-state index is 12.9. The first kappa shape index (κ1) is 13.2. The highest BCUT2D eigenvalue weighted by Crippen LogP contribution is 2.19. The molecule has 2 aromatic carbocycles. The van der Waals surface area contributed by atoms with Crippen LogP contribution in [0.3, 0.4) is 0 Å². The number of hydrogen-bond donors (Lipinski definition) is 0. The van der Waals surface area contributed by atoms with E-state index < -0.39 is 5.97 Å². The first-order valence-electron chi connectivity index (χ1n) is 6.47. The Labute approximate surface area is 121 Å². The smallest absolute Gasteiger partial charge is 0.363 e. The molecule has 104 valence electrons. The number of aryl methyl sites for hydroxylation is 1. The summed E-state index contributed by atoms with van der Waals surface area (Å²) in [4.78, 5) is 16.0. The van der Waals surface area contributed by atoms with E-state index in [-0.39, 0.29) is 17.4 Å². The minimum Gasteiger partial charge on any atom is -0.402 e. The lowest BCUT2D eigenvalue weighted by Gasteiger charge is -1.99. The molecule has 0 spiro atoms. The summed E-state index contributed by atoms with van der Waals surface area (Å²) in [6, 6.07) is 13.4. The molecule has 0 saturated heterocycles. The topological polar surface area (TPSA) is 38.7 Å². The lowest BCUT2D eigenvalue weighted by molar-refractivity contribution is -0.129. The van der Waals surface area contributed by atoms with Gasteiger partial charge in [-0.3, -0.25) is 0 Å². The van der Waals surface area contributed by atoms with E-state index in [1.165, 1.54) is 12.1 Å². The zero-order valence-corrected chi connectivity index (χ0v) is 11.3. The van der Waals surface area contributed by atoms with Crippen LogP contribution in [0.4, 0.5) is 4.39 Å². The van der Waals surface area contributed by atoms with Gasteiger partial charge < -0.3 is 4.74 Å². The van der Waals surface area contributed by atoms with Gasteiger partial charge in [0.15, 0.2) is 5.70 Å². The number of carbonyl (C=O) groups excluding carboxylic acids is 1. The number of ether oxygens (including phenoxy) is 1. The van der Waals surface area contributed by atoms with E-state index in [0.717, 1.165) is 11.1 Å². The van der Waals surface area contributed by atoms with Crippen LogP contribution in [0.25, 0.3) is 6.08 Å². The summed E-state index contributed by atoms with van der Waals surface area (Å²) in [7, 11) is 0. The minimum atomic E-state index is -0.504. The second-order valence-electron chi connectivity index (χ2n) is 4.76. The monoisotopic (exact) mass is 281 g/mol. The number of esters is 1. The zero-order chi connectivity index (χ0) is 14.8. The molecule has 0 unspecified atom stereocenters. The maximum absolute atomic E-state index is 12.9. The molecule has 2 aromatic rings. The Hall–Kier alpha value is -2.75. The van der Waals surface area contributed by atoms with Crippen LogP contribution in [-0.4, -0.2) is 11.9 Å². The molecule has 1 aliphatic rings. The molecular formula is C17H12FNO2. The number of nitrogens with zero attached hydrogens (tertiary/aromatic N) is 1. The van der Waals surface area contributed by atoms with Gasteiger partial charge in [-0.2, -0.15) is 0 Å². The Morgan fingerprint density at radius 2 is 1.90 bits per heavy atom. The Balaban J connectivity index is 1.93. The first-order valence-corrected chi connectivity index (χ1v) is 6.47. The van der Waals surface area contributed by atoms with Gasteiger partial charge in [0.1, 0.15) is 5.82 Å². The van der Waals surface area contributed by atoms with E-state index in [2.05, 4.69) is 4.99 Å². The van der Waals surface area contributed by atoms with E-state index in [9.17, 15) is 9.18 Å². The number of hydrogen-bond acceptors (Lipinski definition) is 3. The summed E-state index contributed by atoms with van der Waals surface area (Å²) in [6.07, 6.45) is 1.57. The molecule has 0 saturated carbocycles. The van der Waals surface area contributed by atoms with Gasteiger partial charge in [-0.05, 0) is 42.8 Å². The molecule has 3 nitrogen and oxygen atoms in total. The van der Waals surface area contributed by atoms with Gasteiger partial charge >= 0.3 is 5.97 Å². The van der Waals surface area contributed by atoms with Gasteiger partial charge in [0.25, 0.3) is 0 Å². The number of benzene rings is 2. The third-order valence-corrected chi connectivity index (χ3v) is 3.06. The molecule has 4 heteroatoms. The molecule has 21 heavy (non-hydrogen) atoms. The van der Waals surface area contributed by atoms with Gasteiger partial charge in [-0.25, -0.2) is 14.2 Å². The largest absolute Gasteiger partial charge is 0.402 e. The number of cyclic esters (lactones) is 1. The fourth-order valence-electron chi connectivity index (χ4n) is 2.03. The van der Waals surface area contributed by atoms with Crippen molar-refractivity contribution in [3.05, 3.63) is 76.7 Å². The Morgan fingerprint density at radius 1 is 1.14 bits per heavy atom. The predicted octanol–water partition coefficient (Wildman–Crippen LogP) is 3.48. The number of rotatable bonds is 2. The number of carbonyl (C=O) groups is 1. The van der Waals surface area contributed by atoms with Crippen LogP contribution in [0.1, 0.15) is 16.7 Å². The summed E-state index contributed by atoms with van der Waals surface area (Å²) in [5.74, 6) is -0.539. The number of halogens is 1.